The van der Waals surface area contributed by atoms with Crippen molar-refractivity contribution in [3.8, 4) is 21.9 Å². The van der Waals surface area contributed by atoms with Gasteiger partial charge in [-0.05, 0) is 92.7 Å². The number of nitrogens with zero attached hydrogens (tertiary/aromatic N) is 2. The van der Waals surface area contributed by atoms with Crippen LogP contribution in [-0.4, -0.2) is 66.6 Å². The Labute approximate surface area is 287 Å². The number of ether oxygens (including phenoxy) is 2. The Balaban J connectivity index is 1.19. The van der Waals surface area contributed by atoms with E-state index in [-0.39, 0.29) is 18.4 Å². The van der Waals surface area contributed by atoms with Crippen LogP contribution >= 0.6 is 11.3 Å². The maximum Gasteiger partial charge on any atom is 0.195 e. The van der Waals surface area contributed by atoms with Crippen LogP contribution in [0, 0.1) is 0 Å². The van der Waals surface area contributed by atoms with Crippen LogP contribution in [0.2, 0.25) is 0 Å². The first-order valence-corrected chi connectivity index (χ1v) is 18.0. The average molecular weight is 661 g/mol. The van der Waals surface area contributed by atoms with Crippen molar-refractivity contribution >= 4 is 27.2 Å². The van der Waals surface area contributed by atoms with Gasteiger partial charge in [0.1, 0.15) is 18.1 Å². The number of hydrogen-bond donors (Lipinski definition) is 1. The van der Waals surface area contributed by atoms with Crippen molar-refractivity contribution in [3.05, 3.63) is 119 Å². The molecular weight excluding hydrogens is 617 g/mol. The molecule has 0 spiro atoms. The molecule has 48 heavy (non-hydrogen) atoms. The highest BCUT2D eigenvalue weighted by atomic mass is 32.1. The number of thiophene rings is 1. The van der Waals surface area contributed by atoms with Crippen LogP contribution in [0.25, 0.3) is 20.5 Å². The van der Waals surface area contributed by atoms with Gasteiger partial charge < -0.3 is 14.6 Å². The zero-order valence-electron chi connectivity index (χ0n) is 27.7. The lowest BCUT2D eigenvalue weighted by Crippen LogP contribution is -2.33. The van der Waals surface area contributed by atoms with E-state index in [1.54, 1.807) is 18.4 Å². The maximum atomic E-state index is 14.5. The van der Waals surface area contributed by atoms with E-state index in [1.165, 1.54) is 18.4 Å². The molecule has 4 aromatic carbocycles. The SMILES string of the molecule is COc1cc(C(=O)c2c(-c3ccc(CCN4CCC[C@H]4CO)cc3)sc3cc(OCc4ccccc4)ccc23)ccc1CN1CCCC1. The molecule has 7 rings (SSSR count). The molecular formula is C41H44N2O4S. The first-order chi connectivity index (χ1) is 23.6. The number of fused-ring (bicyclic) bond motifs is 1. The summed E-state index contributed by atoms with van der Waals surface area (Å²) < 4.78 is 13.0. The minimum atomic E-state index is -0.00613. The Morgan fingerprint density at radius 1 is 0.896 bits per heavy atom. The van der Waals surface area contributed by atoms with Crippen LogP contribution in [-0.2, 0) is 19.6 Å². The predicted molar refractivity (Wildman–Crippen MR) is 194 cm³/mol. The van der Waals surface area contributed by atoms with Gasteiger partial charge in [0.2, 0.25) is 0 Å². The number of rotatable bonds is 13. The number of aliphatic hydroxyl groups excluding tert-OH is 1. The van der Waals surface area contributed by atoms with E-state index >= 15 is 0 Å². The van der Waals surface area contributed by atoms with Crippen molar-refractivity contribution in [3.63, 3.8) is 0 Å². The van der Waals surface area contributed by atoms with Crippen LogP contribution in [0.15, 0.2) is 91.0 Å². The van der Waals surface area contributed by atoms with E-state index in [4.69, 9.17) is 9.47 Å². The molecule has 2 fully saturated rings. The van der Waals surface area contributed by atoms with Gasteiger partial charge in [-0.1, -0.05) is 66.7 Å². The maximum absolute atomic E-state index is 14.5. The molecule has 1 atom stereocenters. The number of ketones is 1. The van der Waals surface area contributed by atoms with Gasteiger partial charge in [0.15, 0.2) is 5.78 Å². The first kappa shape index (κ1) is 32.5. The topological polar surface area (TPSA) is 62.2 Å². The van der Waals surface area contributed by atoms with E-state index < -0.39 is 0 Å². The van der Waals surface area contributed by atoms with E-state index in [0.717, 1.165) is 101 Å². The van der Waals surface area contributed by atoms with Crippen molar-refractivity contribution in [2.75, 3.05) is 39.9 Å². The summed E-state index contributed by atoms with van der Waals surface area (Å²) in [5.41, 5.74) is 5.85. The number of carbonyl (C=O) groups is 1. The Morgan fingerprint density at radius 3 is 2.48 bits per heavy atom. The summed E-state index contributed by atoms with van der Waals surface area (Å²) in [4.78, 5) is 20.3. The largest absolute Gasteiger partial charge is 0.496 e. The summed E-state index contributed by atoms with van der Waals surface area (Å²) in [6, 6.07) is 31.1. The zero-order chi connectivity index (χ0) is 32.9. The lowest BCUT2D eigenvalue weighted by Gasteiger charge is -2.22. The molecule has 2 saturated heterocycles. The molecule has 3 heterocycles. The third-order valence-electron chi connectivity index (χ3n) is 9.89. The van der Waals surface area contributed by atoms with Gasteiger partial charge in [0, 0.05) is 50.8 Å². The first-order valence-electron chi connectivity index (χ1n) is 17.2. The van der Waals surface area contributed by atoms with Crippen LogP contribution in [0.5, 0.6) is 11.5 Å². The summed E-state index contributed by atoms with van der Waals surface area (Å²) in [7, 11) is 1.69. The van der Waals surface area contributed by atoms with Gasteiger partial charge in [-0.25, -0.2) is 0 Å². The summed E-state index contributed by atoms with van der Waals surface area (Å²) in [6.45, 7) is 5.75. The normalized spacial score (nSPS) is 16.9. The van der Waals surface area contributed by atoms with Crippen molar-refractivity contribution in [1.29, 1.82) is 0 Å². The van der Waals surface area contributed by atoms with Gasteiger partial charge in [0.05, 0.1) is 13.7 Å². The number of aliphatic hydroxyl groups is 1. The molecule has 5 aromatic rings. The average Bonchev–Trinajstić information content (AvgIpc) is 3.90. The van der Waals surface area contributed by atoms with Gasteiger partial charge in [-0.15, -0.1) is 11.3 Å². The highest BCUT2D eigenvalue weighted by Gasteiger charge is 2.25. The molecule has 0 saturated carbocycles. The van der Waals surface area contributed by atoms with Crippen molar-refractivity contribution in [1.82, 2.24) is 9.80 Å². The second-order valence-corrected chi connectivity index (χ2v) is 14.1. The molecule has 7 heteroatoms. The molecule has 2 aliphatic heterocycles. The Morgan fingerprint density at radius 2 is 1.71 bits per heavy atom. The second-order valence-electron chi connectivity index (χ2n) is 13.0. The molecule has 2 aliphatic rings. The summed E-state index contributed by atoms with van der Waals surface area (Å²) in [5, 5.41) is 10.7. The fourth-order valence-electron chi connectivity index (χ4n) is 7.17. The summed E-state index contributed by atoms with van der Waals surface area (Å²) >= 11 is 1.64. The molecule has 1 aromatic heterocycles. The number of benzene rings is 4. The highest BCUT2D eigenvalue weighted by Crippen LogP contribution is 2.42. The number of methoxy groups -OCH3 is 1. The quantitative estimate of drug-likeness (QED) is 0.129. The Kier molecular flexibility index (Phi) is 10.2. The molecule has 0 amide bonds. The minimum Gasteiger partial charge on any atom is -0.496 e. The van der Waals surface area contributed by atoms with Crippen LogP contribution in [0.3, 0.4) is 0 Å². The molecule has 0 aliphatic carbocycles. The van der Waals surface area contributed by atoms with E-state index in [2.05, 4.69) is 58.3 Å². The Bertz CT molecular complexity index is 1850. The zero-order valence-corrected chi connectivity index (χ0v) is 28.5. The summed E-state index contributed by atoms with van der Waals surface area (Å²) in [5.74, 6) is 1.54. The predicted octanol–water partition coefficient (Wildman–Crippen LogP) is 7.98. The molecule has 0 unspecified atom stereocenters. The molecule has 0 bridgehead atoms. The van der Waals surface area contributed by atoms with Crippen LogP contribution in [0.1, 0.15) is 58.3 Å². The van der Waals surface area contributed by atoms with Crippen LogP contribution in [0.4, 0.5) is 0 Å². The van der Waals surface area contributed by atoms with Gasteiger partial charge in [-0.2, -0.15) is 0 Å². The van der Waals surface area contributed by atoms with Crippen LogP contribution < -0.4 is 9.47 Å². The highest BCUT2D eigenvalue weighted by molar-refractivity contribution is 7.22. The summed E-state index contributed by atoms with van der Waals surface area (Å²) in [6.07, 6.45) is 5.62. The van der Waals surface area contributed by atoms with Crippen molar-refractivity contribution in [2.24, 2.45) is 0 Å². The molecule has 1 N–H and O–H groups in total. The lowest BCUT2D eigenvalue weighted by atomic mass is 9.96. The third kappa shape index (κ3) is 7.20. The fourth-order valence-corrected chi connectivity index (χ4v) is 8.40. The van der Waals surface area contributed by atoms with Gasteiger partial charge >= 0.3 is 0 Å². The molecule has 248 valence electrons. The van der Waals surface area contributed by atoms with Crippen molar-refractivity contribution < 1.29 is 19.4 Å². The second kappa shape index (κ2) is 15.0. The lowest BCUT2D eigenvalue weighted by molar-refractivity contribution is 0.104. The molecule has 6 nitrogen and oxygen atoms in total. The third-order valence-corrected chi connectivity index (χ3v) is 11.1. The Hall–Kier alpha value is -4.01. The minimum absolute atomic E-state index is 0.00613. The number of carbonyl (C=O) groups excluding carboxylic acids is 1. The van der Waals surface area contributed by atoms with E-state index in [9.17, 15) is 9.90 Å². The monoisotopic (exact) mass is 660 g/mol. The standard InChI is InChI=1S/C41H44N2O4S/c1-46-37-24-32(15-16-33(37)26-42-20-5-6-21-42)40(45)39-36-18-17-35(47-28-30-8-3-2-4-9-30)25-38(36)48-41(39)31-13-11-29(12-14-31)19-23-43-22-7-10-34(43)27-44/h2-4,8-9,11-18,24-25,34,44H,5-7,10,19-23,26-28H2,1H3/t34-/m0/s1. The van der Waals surface area contributed by atoms with E-state index in [0.29, 0.717) is 12.2 Å². The van der Waals surface area contributed by atoms with Gasteiger partial charge in [-0.3, -0.25) is 14.6 Å². The smallest absolute Gasteiger partial charge is 0.195 e. The van der Waals surface area contributed by atoms with E-state index in [1.807, 2.05) is 42.5 Å². The number of likely N-dealkylation sites (tertiary alicyclic amines) is 2. The molecule has 0 radical (unpaired) electrons. The number of hydrogen-bond acceptors (Lipinski definition) is 7. The van der Waals surface area contributed by atoms with Gasteiger partial charge in [0.25, 0.3) is 0 Å². The fraction of sp³-hybridized carbons (Fsp3) is 0.341. The van der Waals surface area contributed by atoms with Crippen molar-refractivity contribution in [2.45, 2.75) is 51.3 Å².